The lowest BCUT2D eigenvalue weighted by Gasteiger charge is -2.38. The van der Waals surface area contributed by atoms with E-state index in [1.54, 1.807) is 40.8 Å². The van der Waals surface area contributed by atoms with Gasteiger partial charge in [-0.15, -0.1) is 0 Å². The number of amides is 1. The standard InChI is InChI=1S/C19H18F2INO5/c1-12-18(10-20,27-16(26)13-5-3-2-4-6-13)17(28-19(12,21)11-22)23-8-7-14(24)9-15(23)25/h2-8,12,17H,9-11H2,1H3/t12-,17+,18+,19+/m0/s1. The van der Waals surface area contributed by atoms with Gasteiger partial charge >= 0.3 is 5.97 Å². The van der Waals surface area contributed by atoms with Crippen LogP contribution >= 0.6 is 22.6 Å². The van der Waals surface area contributed by atoms with Gasteiger partial charge < -0.3 is 9.47 Å². The Bertz CT molecular complexity index is 820. The van der Waals surface area contributed by atoms with Crippen LogP contribution in [0.1, 0.15) is 23.7 Å². The monoisotopic (exact) mass is 505 g/mol. The van der Waals surface area contributed by atoms with Crippen LogP contribution in [-0.4, -0.2) is 51.3 Å². The highest BCUT2D eigenvalue weighted by Gasteiger charge is 2.67. The Hall–Kier alpha value is -1.88. The average molecular weight is 505 g/mol. The number of alkyl halides is 3. The van der Waals surface area contributed by atoms with Gasteiger partial charge in [0, 0.05) is 6.20 Å². The maximum Gasteiger partial charge on any atom is 0.338 e. The summed E-state index contributed by atoms with van der Waals surface area (Å²) in [6.07, 6.45) is 0.241. The minimum absolute atomic E-state index is 0.155. The maximum absolute atomic E-state index is 15.4. The van der Waals surface area contributed by atoms with Crippen LogP contribution in [0.15, 0.2) is 42.6 Å². The second-order valence-corrected chi connectivity index (χ2v) is 7.48. The summed E-state index contributed by atoms with van der Waals surface area (Å²) >= 11 is 1.75. The molecule has 0 aliphatic carbocycles. The zero-order valence-corrected chi connectivity index (χ0v) is 17.1. The second kappa shape index (κ2) is 7.86. The molecular weight excluding hydrogens is 487 g/mol. The number of nitrogens with zero attached hydrogens (tertiary/aromatic N) is 1. The third kappa shape index (κ3) is 3.45. The minimum Gasteiger partial charge on any atom is -0.447 e. The van der Waals surface area contributed by atoms with Gasteiger partial charge in [0.05, 0.1) is 22.3 Å². The van der Waals surface area contributed by atoms with Gasteiger partial charge in [0.1, 0.15) is 6.67 Å². The molecule has 0 saturated carbocycles. The van der Waals surface area contributed by atoms with Gasteiger partial charge in [-0.2, -0.15) is 0 Å². The number of ether oxygens (including phenoxy) is 2. The van der Waals surface area contributed by atoms with E-state index < -0.39 is 54.4 Å². The van der Waals surface area contributed by atoms with Gasteiger partial charge in [-0.1, -0.05) is 47.7 Å². The lowest BCUT2D eigenvalue weighted by molar-refractivity contribution is -0.183. The van der Waals surface area contributed by atoms with Gasteiger partial charge in [-0.05, 0) is 18.2 Å². The highest BCUT2D eigenvalue weighted by atomic mass is 127. The molecule has 0 bridgehead atoms. The quantitative estimate of drug-likeness (QED) is 0.267. The Morgan fingerprint density at radius 1 is 1.36 bits per heavy atom. The van der Waals surface area contributed by atoms with Crippen LogP contribution < -0.4 is 0 Å². The molecule has 4 atom stereocenters. The van der Waals surface area contributed by atoms with Crippen molar-refractivity contribution in [2.45, 2.75) is 31.0 Å². The molecule has 0 N–H and O–H groups in total. The van der Waals surface area contributed by atoms with Crippen LogP contribution in [0.5, 0.6) is 0 Å². The van der Waals surface area contributed by atoms with Crippen molar-refractivity contribution in [2.24, 2.45) is 5.92 Å². The molecule has 1 saturated heterocycles. The van der Waals surface area contributed by atoms with E-state index in [2.05, 4.69) is 0 Å². The molecule has 2 aliphatic heterocycles. The molecule has 0 aromatic heterocycles. The average Bonchev–Trinajstić information content (AvgIpc) is 2.91. The van der Waals surface area contributed by atoms with Crippen molar-refractivity contribution in [1.82, 2.24) is 4.90 Å². The number of halogens is 3. The van der Waals surface area contributed by atoms with Crippen molar-refractivity contribution >= 4 is 40.3 Å². The number of carbonyl (C=O) groups is 3. The lowest BCUT2D eigenvalue weighted by Crippen LogP contribution is -2.57. The first-order valence-electron chi connectivity index (χ1n) is 8.56. The van der Waals surface area contributed by atoms with Gasteiger partial charge in [0.25, 0.3) is 0 Å². The summed E-state index contributed by atoms with van der Waals surface area (Å²) in [5.41, 5.74) is -1.92. The van der Waals surface area contributed by atoms with Crippen molar-refractivity contribution in [1.29, 1.82) is 0 Å². The van der Waals surface area contributed by atoms with Crippen LogP contribution in [0.3, 0.4) is 0 Å². The van der Waals surface area contributed by atoms with E-state index in [-0.39, 0.29) is 9.99 Å². The number of esters is 1. The summed E-state index contributed by atoms with van der Waals surface area (Å²) in [6, 6.07) is 7.88. The Morgan fingerprint density at radius 2 is 2.04 bits per heavy atom. The van der Waals surface area contributed by atoms with E-state index in [4.69, 9.17) is 9.47 Å². The highest BCUT2D eigenvalue weighted by Crippen LogP contribution is 2.49. The van der Waals surface area contributed by atoms with Crippen LogP contribution in [0, 0.1) is 5.92 Å². The summed E-state index contributed by atoms with van der Waals surface area (Å²) in [5.74, 6) is -5.51. The first kappa shape index (κ1) is 20.8. The fourth-order valence-corrected chi connectivity index (χ4v) is 4.15. The van der Waals surface area contributed by atoms with E-state index in [1.807, 2.05) is 0 Å². The van der Waals surface area contributed by atoms with E-state index in [1.165, 1.54) is 19.1 Å². The van der Waals surface area contributed by atoms with Crippen molar-refractivity contribution in [2.75, 3.05) is 11.1 Å². The van der Waals surface area contributed by atoms with Gasteiger partial charge in [0.2, 0.25) is 11.8 Å². The van der Waals surface area contributed by atoms with Crippen LogP contribution in [0.2, 0.25) is 0 Å². The topological polar surface area (TPSA) is 72.9 Å². The molecule has 150 valence electrons. The summed E-state index contributed by atoms with van der Waals surface area (Å²) in [7, 11) is 0. The highest BCUT2D eigenvalue weighted by molar-refractivity contribution is 14.1. The molecular formula is C19H18F2INO5. The fourth-order valence-electron chi connectivity index (χ4n) is 3.31. The van der Waals surface area contributed by atoms with E-state index >= 15 is 4.39 Å². The number of allylic oxidation sites excluding steroid dienone is 1. The lowest BCUT2D eigenvalue weighted by atomic mass is 9.85. The third-order valence-corrected chi connectivity index (χ3v) is 6.12. The molecule has 1 fully saturated rings. The van der Waals surface area contributed by atoms with Crippen molar-refractivity contribution < 1.29 is 32.6 Å². The molecule has 9 heteroatoms. The van der Waals surface area contributed by atoms with Crippen molar-refractivity contribution in [3.05, 3.63) is 48.2 Å². The Kier molecular flexibility index (Phi) is 5.85. The van der Waals surface area contributed by atoms with Crippen LogP contribution in [-0.2, 0) is 19.1 Å². The molecule has 1 amide bonds. The number of ketones is 1. The first-order chi connectivity index (χ1) is 13.3. The Morgan fingerprint density at radius 3 is 2.61 bits per heavy atom. The smallest absolute Gasteiger partial charge is 0.338 e. The Labute approximate surface area is 174 Å². The molecule has 2 aliphatic rings. The number of hydrogen-bond acceptors (Lipinski definition) is 5. The zero-order chi connectivity index (χ0) is 20.5. The molecule has 1 aromatic rings. The maximum atomic E-state index is 15.4. The van der Waals surface area contributed by atoms with Crippen molar-refractivity contribution in [3.8, 4) is 0 Å². The van der Waals surface area contributed by atoms with Gasteiger partial charge in [-0.25, -0.2) is 13.6 Å². The fraction of sp³-hybridized carbons (Fsp3) is 0.421. The van der Waals surface area contributed by atoms with Crippen LogP contribution in [0.4, 0.5) is 8.78 Å². The summed E-state index contributed by atoms with van der Waals surface area (Å²) in [6.45, 7) is 0.102. The SMILES string of the molecule is C[C@H]1[C@@](CF)(OC(=O)c2ccccc2)[C@H](N2C=CC(=O)CC2=O)O[C@]1(F)CI. The van der Waals surface area contributed by atoms with Crippen LogP contribution in [0.25, 0.3) is 0 Å². The van der Waals surface area contributed by atoms with E-state index in [0.29, 0.717) is 0 Å². The van der Waals surface area contributed by atoms with Crippen molar-refractivity contribution in [3.63, 3.8) is 0 Å². The second-order valence-electron chi connectivity index (χ2n) is 6.72. The zero-order valence-electron chi connectivity index (χ0n) is 14.9. The van der Waals surface area contributed by atoms with E-state index in [9.17, 15) is 18.8 Å². The molecule has 3 rings (SSSR count). The number of carbonyl (C=O) groups excluding carboxylic acids is 3. The normalized spacial score (nSPS) is 32.6. The molecule has 0 radical (unpaired) electrons. The van der Waals surface area contributed by atoms with Gasteiger partial charge in [0.15, 0.2) is 17.6 Å². The largest absolute Gasteiger partial charge is 0.447 e. The molecule has 0 spiro atoms. The predicted octanol–water partition coefficient (Wildman–Crippen LogP) is 2.96. The van der Waals surface area contributed by atoms with Gasteiger partial charge in [-0.3, -0.25) is 14.5 Å². The van der Waals surface area contributed by atoms with E-state index in [0.717, 1.165) is 17.2 Å². The predicted molar refractivity (Wildman–Crippen MR) is 103 cm³/mol. The Balaban J connectivity index is 2.02. The number of benzene rings is 1. The molecule has 0 unspecified atom stereocenters. The molecule has 28 heavy (non-hydrogen) atoms. The number of hydrogen-bond donors (Lipinski definition) is 0. The first-order valence-corrected chi connectivity index (χ1v) is 10.1. The third-order valence-electron chi connectivity index (χ3n) is 5.08. The molecule has 1 aromatic carbocycles. The summed E-state index contributed by atoms with van der Waals surface area (Å²) < 4.78 is 40.5. The molecule has 6 nitrogen and oxygen atoms in total. The molecule has 2 heterocycles. The summed E-state index contributed by atoms with van der Waals surface area (Å²) in [4.78, 5) is 37.4. The minimum atomic E-state index is -2.33. The number of rotatable bonds is 5. The summed E-state index contributed by atoms with van der Waals surface area (Å²) in [5, 5.41) is 0.